The summed E-state index contributed by atoms with van der Waals surface area (Å²) in [6, 6.07) is 0. The fourth-order valence-electron chi connectivity index (χ4n) is 2.86. The number of rotatable bonds is 2. The highest BCUT2D eigenvalue weighted by Crippen LogP contribution is 2.37. The third-order valence-corrected chi connectivity index (χ3v) is 3.49. The number of hydrogen-bond donors (Lipinski definition) is 0. The predicted octanol–water partition coefficient (Wildman–Crippen LogP) is 3.34. The lowest BCUT2D eigenvalue weighted by Crippen LogP contribution is -2.39. The first-order chi connectivity index (χ1) is 6.04. The van der Waals surface area contributed by atoms with Crippen molar-refractivity contribution >= 4 is 0 Å². The Morgan fingerprint density at radius 2 is 1.69 bits per heavy atom. The molecule has 1 aliphatic heterocycles. The highest BCUT2D eigenvalue weighted by molar-refractivity contribution is 4.83. The van der Waals surface area contributed by atoms with Crippen LogP contribution >= 0.6 is 0 Å². The van der Waals surface area contributed by atoms with E-state index in [1.54, 1.807) is 0 Å². The maximum Gasteiger partial charge on any atom is 0.0580 e. The molecule has 0 aromatic heterocycles. The van der Waals surface area contributed by atoms with Crippen LogP contribution in [0.25, 0.3) is 0 Å². The van der Waals surface area contributed by atoms with Gasteiger partial charge in [-0.3, -0.25) is 0 Å². The van der Waals surface area contributed by atoms with Gasteiger partial charge in [0.15, 0.2) is 0 Å². The molecule has 0 saturated carbocycles. The van der Waals surface area contributed by atoms with Crippen LogP contribution in [0.4, 0.5) is 0 Å². The van der Waals surface area contributed by atoms with Crippen LogP contribution in [0.2, 0.25) is 0 Å². The summed E-state index contributed by atoms with van der Waals surface area (Å²) in [6.45, 7) is 12.5. The van der Waals surface area contributed by atoms with Gasteiger partial charge in [0.25, 0.3) is 0 Å². The molecule has 78 valence electrons. The van der Waals surface area contributed by atoms with E-state index in [1.165, 1.54) is 6.42 Å². The van der Waals surface area contributed by atoms with Crippen molar-refractivity contribution in [3.63, 3.8) is 0 Å². The average molecular weight is 184 g/mol. The van der Waals surface area contributed by atoms with E-state index in [0.717, 1.165) is 30.3 Å². The first-order valence-corrected chi connectivity index (χ1v) is 5.65. The predicted molar refractivity (Wildman–Crippen MR) is 56.7 cm³/mol. The quantitative estimate of drug-likeness (QED) is 0.639. The molecule has 1 rings (SSSR count). The van der Waals surface area contributed by atoms with Gasteiger partial charge in [0.1, 0.15) is 0 Å². The fraction of sp³-hybridized carbons (Fsp3) is 1.00. The van der Waals surface area contributed by atoms with Crippen molar-refractivity contribution in [2.24, 2.45) is 23.7 Å². The summed E-state index contributed by atoms with van der Waals surface area (Å²) >= 11 is 0. The van der Waals surface area contributed by atoms with Gasteiger partial charge in [-0.25, -0.2) is 0 Å². The summed E-state index contributed by atoms with van der Waals surface area (Å²) < 4.78 is 5.73. The smallest absolute Gasteiger partial charge is 0.0580 e. The molecule has 1 aliphatic rings. The Bertz CT molecular complexity index is 151. The van der Waals surface area contributed by atoms with E-state index in [2.05, 4.69) is 34.6 Å². The average Bonchev–Trinajstić information content (AvgIpc) is 2.02. The van der Waals surface area contributed by atoms with Crippen molar-refractivity contribution in [2.45, 2.75) is 47.1 Å². The third-order valence-electron chi connectivity index (χ3n) is 3.49. The molecule has 13 heavy (non-hydrogen) atoms. The van der Waals surface area contributed by atoms with Crippen LogP contribution < -0.4 is 0 Å². The van der Waals surface area contributed by atoms with E-state index in [-0.39, 0.29) is 0 Å². The maximum atomic E-state index is 5.73. The maximum absolute atomic E-state index is 5.73. The molecule has 3 atom stereocenters. The Balaban J connectivity index is 2.68. The zero-order valence-corrected chi connectivity index (χ0v) is 9.71. The normalized spacial score (nSPS) is 35.8. The van der Waals surface area contributed by atoms with E-state index >= 15 is 0 Å². The number of hydrogen-bond acceptors (Lipinski definition) is 1. The van der Waals surface area contributed by atoms with Crippen LogP contribution in [0, 0.1) is 23.7 Å². The molecule has 0 bridgehead atoms. The van der Waals surface area contributed by atoms with Gasteiger partial charge in [-0.2, -0.15) is 0 Å². The van der Waals surface area contributed by atoms with Crippen molar-refractivity contribution in [3.8, 4) is 0 Å². The van der Waals surface area contributed by atoms with Gasteiger partial charge < -0.3 is 4.74 Å². The summed E-state index contributed by atoms with van der Waals surface area (Å²) in [5, 5.41) is 0. The first kappa shape index (κ1) is 11.0. The van der Waals surface area contributed by atoms with Crippen molar-refractivity contribution in [2.75, 3.05) is 6.61 Å². The lowest BCUT2D eigenvalue weighted by atomic mass is 9.72. The molecule has 1 saturated heterocycles. The lowest BCUT2D eigenvalue weighted by Gasteiger charge is -2.41. The van der Waals surface area contributed by atoms with Crippen molar-refractivity contribution in [1.82, 2.24) is 0 Å². The highest BCUT2D eigenvalue weighted by Gasteiger charge is 2.34. The van der Waals surface area contributed by atoms with Crippen LogP contribution in [0.1, 0.15) is 41.0 Å². The molecule has 1 heteroatoms. The standard InChI is InChI=1S/C12H24O/c1-8(2)11-6-7-13-10(5)12(11)9(3)4/h8-12H,6-7H2,1-5H3. The first-order valence-electron chi connectivity index (χ1n) is 5.65. The molecular formula is C12H24O. The molecule has 0 aliphatic carbocycles. The topological polar surface area (TPSA) is 9.23 Å². The van der Waals surface area contributed by atoms with Crippen LogP contribution in [0.5, 0.6) is 0 Å². The summed E-state index contributed by atoms with van der Waals surface area (Å²) in [4.78, 5) is 0. The van der Waals surface area contributed by atoms with Gasteiger partial charge >= 0.3 is 0 Å². The van der Waals surface area contributed by atoms with Crippen molar-refractivity contribution in [3.05, 3.63) is 0 Å². The Kier molecular flexibility index (Phi) is 3.78. The van der Waals surface area contributed by atoms with E-state index in [4.69, 9.17) is 4.74 Å². The summed E-state index contributed by atoms with van der Waals surface area (Å²) in [6.07, 6.45) is 1.71. The van der Waals surface area contributed by atoms with Gasteiger partial charge in [-0.05, 0) is 37.0 Å². The fourth-order valence-corrected chi connectivity index (χ4v) is 2.86. The summed E-state index contributed by atoms with van der Waals surface area (Å²) in [5.74, 6) is 3.18. The van der Waals surface area contributed by atoms with Gasteiger partial charge in [-0.1, -0.05) is 27.7 Å². The minimum atomic E-state index is 0.459. The summed E-state index contributed by atoms with van der Waals surface area (Å²) in [5.41, 5.74) is 0. The minimum absolute atomic E-state index is 0.459. The van der Waals surface area contributed by atoms with E-state index in [0.29, 0.717) is 6.10 Å². The molecule has 1 heterocycles. The SMILES string of the molecule is CC(C)C1CCOC(C)C1C(C)C. The Hall–Kier alpha value is -0.0400. The van der Waals surface area contributed by atoms with Gasteiger partial charge in [-0.15, -0.1) is 0 Å². The van der Waals surface area contributed by atoms with E-state index in [9.17, 15) is 0 Å². The number of ether oxygens (including phenoxy) is 1. The highest BCUT2D eigenvalue weighted by atomic mass is 16.5. The minimum Gasteiger partial charge on any atom is -0.378 e. The molecule has 0 radical (unpaired) electrons. The van der Waals surface area contributed by atoms with Gasteiger partial charge in [0.05, 0.1) is 6.10 Å². The second-order valence-corrected chi connectivity index (χ2v) is 5.09. The molecule has 3 unspecified atom stereocenters. The molecule has 1 fully saturated rings. The van der Waals surface area contributed by atoms with E-state index in [1.807, 2.05) is 0 Å². The second-order valence-electron chi connectivity index (χ2n) is 5.09. The molecule has 0 amide bonds. The Morgan fingerprint density at radius 1 is 1.08 bits per heavy atom. The van der Waals surface area contributed by atoms with E-state index < -0.39 is 0 Å². The molecule has 0 N–H and O–H groups in total. The Morgan fingerprint density at radius 3 is 2.08 bits per heavy atom. The van der Waals surface area contributed by atoms with Crippen LogP contribution in [0.3, 0.4) is 0 Å². The molecule has 0 aromatic rings. The molecule has 0 aromatic carbocycles. The molecular weight excluding hydrogens is 160 g/mol. The zero-order chi connectivity index (χ0) is 10.0. The third kappa shape index (κ3) is 2.46. The molecule has 1 nitrogen and oxygen atoms in total. The zero-order valence-electron chi connectivity index (χ0n) is 9.71. The Labute approximate surface area is 82.9 Å². The van der Waals surface area contributed by atoms with Gasteiger partial charge in [0.2, 0.25) is 0 Å². The molecule has 0 spiro atoms. The lowest BCUT2D eigenvalue weighted by molar-refractivity contribution is -0.0747. The summed E-state index contributed by atoms with van der Waals surface area (Å²) in [7, 11) is 0. The van der Waals surface area contributed by atoms with Crippen molar-refractivity contribution < 1.29 is 4.74 Å². The largest absolute Gasteiger partial charge is 0.378 e. The van der Waals surface area contributed by atoms with Crippen molar-refractivity contribution in [1.29, 1.82) is 0 Å². The second kappa shape index (κ2) is 4.45. The monoisotopic (exact) mass is 184 g/mol. The van der Waals surface area contributed by atoms with Crippen LogP contribution in [-0.4, -0.2) is 12.7 Å². The van der Waals surface area contributed by atoms with Gasteiger partial charge in [0, 0.05) is 6.61 Å². The van der Waals surface area contributed by atoms with Crippen LogP contribution in [-0.2, 0) is 4.74 Å². The van der Waals surface area contributed by atoms with Crippen LogP contribution in [0.15, 0.2) is 0 Å².